The van der Waals surface area contributed by atoms with Crippen molar-refractivity contribution in [2.75, 3.05) is 7.11 Å². The summed E-state index contributed by atoms with van der Waals surface area (Å²) in [5.41, 5.74) is 1.14. The minimum absolute atomic E-state index is 0.0566. The summed E-state index contributed by atoms with van der Waals surface area (Å²) in [7, 11) is -2.23. The molecule has 2 atom stereocenters. The van der Waals surface area contributed by atoms with E-state index in [2.05, 4.69) is 5.32 Å². The Hall–Kier alpha value is -2.09. The number of benzene rings is 2. The van der Waals surface area contributed by atoms with E-state index in [4.69, 9.17) is 21.5 Å². The monoisotopic (exact) mass is 408 g/mol. The molecular formula is C19H21ClN2O4S. The lowest BCUT2D eigenvalue weighted by Crippen LogP contribution is -2.29. The van der Waals surface area contributed by atoms with E-state index in [1.165, 1.54) is 19.2 Å². The van der Waals surface area contributed by atoms with Crippen LogP contribution < -0.4 is 15.2 Å². The number of primary sulfonamides is 1. The summed E-state index contributed by atoms with van der Waals surface area (Å²) >= 11 is 6.01. The molecule has 1 amide bonds. The fourth-order valence-electron chi connectivity index (χ4n) is 3.47. The van der Waals surface area contributed by atoms with Crippen LogP contribution in [-0.2, 0) is 10.0 Å². The topological polar surface area (TPSA) is 98.5 Å². The van der Waals surface area contributed by atoms with E-state index in [0.717, 1.165) is 5.56 Å². The lowest BCUT2D eigenvalue weighted by atomic mass is 10.0. The molecule has 0 bridgehead atoms. The number of amides is 1. The third-order valence-electron chi connectivity index (χ3n) is 5.09. The fraction of sp³-hybridized carbons (Fsp3) is 0.316. The van der Waals surface area contributed by atoms with E-state index in [0.29, 0.717) is 16.3 Å². The number of nitrogens with two attached hydrogens (primary N) is 1. The molecule has 2 aromatic rings. The molecule has 27 heavy (non-hydrogen) atoms. The Morgan fingerprint density at radius 3 is 2.37 bits per heavy atom. The van der Waals surface area contributed by atoms with Crippen molar-refractivity contribution in [3.05, 3.63) is 58.6 Å². The highest BCUT2D eigenvalue weighted by molar-refractivity contribution is 7.89. The third kappa shape index (κ3) is 3.81. The number of rotatable bonds is 5. The number of ether oxygens (including phenoxy) is 1. The summed E-state index contributed by atoms with van der Waals surface area (Å²) in [5.74, 6) is 0.238. The zero-order valence-electron chi connectivity index (χ0n) is 15.2. The molecule has 0 aromatic heterocycles. The number of hydrogen-bond donors (Lipinski definition) is 2. The van der Waals surface area contributed by atoms with E-state index in [1.54, 1.807) is 30.3 Å². The molecule has 0 radical (unpaired) electrons. The molecule has 6 nitrogen and oxygen atoms in total. The van der Waals surface area contributed by atoms with Crippen LogP contribution in [0.4, 0.5) is 0 Å². The van der Waals surface area contributed by atoms with Gasteiger partial charge in [-0.25, -0.2) is 13.6 Å². The summed E-state index contributed by atoms with van der Waals surface area (Å²) in [6.45, 7) is 4.09. The van der Waals surface area contributed by atoms with Gasteiger partial charge in [0, 0.05) is 17.0 Å². The molecule has 0 saturated heterocycles. The van der Waals surface area contributed by atoms with Crippen LogP contribution in [0.3, 0.4) is 0 Å². The van der Waals surface area contributed by atoms with Crippen LogP contribution in [0.2, 0.25) is 5.02 Å². The van der Waals surface area contributed by atoms with Gasteiger partial charge in [0.05, 0.1) is 17.6 Å². The number of carbonyl (C=O) groups excluding carboxylic acids is 1. The Balaban J connectivity index is 1.80. The van der Waals surface area contributed by atoms with Crippen LogP contribution in [-0.4, -0.2) is 27.5 Å². The fourth-order valence-corrected chi connectivity index (χ4v) is 4.16. The first-order valence-corrected chi connectivity index (χ1v) is 10.3. The van der Waals surface area contributed by atoms with Gasteiger partial charge in [0.2, 0.25) is 10.0 Å². The second kappa shape index (κ2) is 6.82. The van der Waals surface area contributed by atoms with Gasteiger partial charge in [-0.3, -0.25) is 4.79 Å². The van der Waals surface area contributed by atoms with Crippen LogP contribution in [0.5, 0.6) is 5.75 Å². The average Bonchev–Trinajstić information content (AvgIpc) is 3.14. The van der Waals surface area contributed by atoms with Crippen molar-refractivity contribution >= 4 is 27.5 Å². The summed E-state index contributed by atoms with van der Waals surface area (Å²) in [5, 5.41) is 8.63. The predicted octanol–water partition coefficient (Wildman–Crippen LogP) is 2.92. The lowest BCUT2D eigenvalue weighted by molar-refractivity contribution is 0.0943. The number of sulfonamides is 1. The van der Waals surface area contributed by atoms with Crippen molar-refractivity contribution in [1.29, 1.82) is 0 Å². The van der Waals surface area contributed by atoms with Crippen LogP contribution >= 0.6 is 11.6 Å². The molecule has 0 spiro atoms. The van der Waals surface area contributed by atoms with Crippen molar-refractivity contribution in [3.8, 4) is 5.75 Å². The van der Waals surface area contributed by atoms with Crippen LogP contribution in [0.1, 0.15) is 35.7 Å². The summed E-state index contributed by atoms with van der Waals surface area (Å²) in [4.78, 5) is 12.8. The highest BCUT2D eigenvalue weighted by atomic mass is 35.5. The highest BCUT2D eigenvalue weighted by Crippen LogP contribution is 2.58. The standard InChI is InChI=1S/C19H21ClN2O4S/c1-19(2)16(11-4-7-13(8-5-11)27(21,24)25)17(19)22-18(23)14-10-12(20)6-9-15(14)26-3/h4-10,16-17H,1-3H3,(H,22,23)(H2,21,24,25)/t16-,17+/m1/s1. The quantitative estimate of drug-likeness (QED) is 0.794. The SMILES string of the molecule is COc1ccc(Cl)cc1C(=O)N[C@H]1[C@@H](c2ccc(S(N)(=O)=O)cc2)C1(C)C. The van der Waals surface area contributed by atoms with Crippen LogP contribution in [0, 0.1) is 5.41 Å². The zero-order chi connectivity index (χ0) is 20.0. The Bertz CT molecular complexity index is 987. The third-order valence-corrected chi connectivity index (χ3v) is 6.25. The molecule has 8 heteroatoms. The minimum Gasteiger partial charge on any atom is -0.496 e. The van der Waals surface area contributed by atoms with Crippen molar-refractivity contribution in [3.63, 3.8) is 0 Å². The van der Waals surface area contributed by atoms with Crippen molar-refractivity contribution < 1.29 is 17.9 Å². The van der Waals surface area contributed by atoms with E-state index in [9.17, 15) is 13.2 Å². The summed E-state index contributed by atoms with van der Waals surface area (Å²) in [6.07, 6.45) is 0. The van der Waals surface area contributed by atoms with Gasteiger partial charge < -0.3 is 10.1 Å². The zero-order valence-corrected chi connectivity index (χ0v) is 16.8. The Morgan fingerprint density at radius 1 is 1.19 bits per heavy atom. The number of methoxy groups -OCH3 is 1. The average molecular weight is 409 g/mol. The highest BCUT2D eigenvalue weighted by Gasteiger charge is 2.59. The van der Waals surface area contributed by atoms with Gasteiger partial charge in [-0.15, -0.1) is 0 Å². The van der Waals surface area contributed by atoms with Gasteiger partial charge >= 0.3 is 0 Å². The molecule has 1 fully saturated rings. The van der Waals surface area contributed by atoms with Gasteiger partial charge in [-0.1, -0.05) is 37.6 Å². The van der Waals surface area contributed by atoms with Crippen molar-refractivity contribution in [2.24, 2.45) is 10.6 Å². The first-order chi connectivity index (χ1) is 12.6. The van der Waals surface area contributed by atoms with Gasteiger partial charge in [0.25, 0.3) is 5.91 Å². The number of nitrogens with one attached hydrogen (secondary N) is 1. The Morgan fingerprint density at radius 2 is 1.81 bits per heavy atom. The Labute approximate surface area is 163 Å². The first kappa shape index (κ1) is 19.7. The largest absolute Gasteiger partial charge is 0.496 e. The van der Waals surface area contributed by atoms with E-state index in [1.807, 2.05) is 13.8 Å². The van der Waals surface area contributed by atoms with E-state index in [-0.39, 0.29) is 28.2 Å². The second-order valence-electron chi connectivity index (χ2n) is 7.21. The molecule has 1 aliphatic rings. The van der Waals surface area contributed by atoms with Gasteiger partial charge in [0.1, 0.15) is 5.75 Å². The maximum atomic E-state index is 12.7. The lowest BCUT2D eigenvalue weighted by Gasteiger charge is -2.10. The molecule has 3 N–H and O–H groups in total. The molecule has 2 aromatic carbocycles. The molecular weight excluding hydrogens is 388 g/mol. The molecule has 144 valence electrons. The smallest absolute Gasteiger partial charge is 0.255 e. The van der Waals surface area contributed by atoms with Gasteiger partial charge in [-0.2, -0.15) is 0 Å². The normalized spacial score (nSPS) is 20.8. The van der Waals surface area contributed by atoms with Gasteiger partial charge in [0.15, 0.2) is 0 Å². The van der Waals surface area contributed by atoms with Crippen LogP contribution in [0.25, 0.3) is 0 Å². The van der Waals surface area contributed by atoms with Crippen LogP contribution in [0.15, 0.2) is 47.4 Å². The maximum Gasteiger partial charge on any atom is 0.255 e. The molecule has 0 heterocycles. The molecule has 1 saturated carbocycles. The number of halogens is 1. The molecule has 3 rings (SSSR count). The number of hydrogen-bond acceptors (Lipinski definition) is 4. The molecule has 1 aliphatic carbocycles. The van der Waals surface area contributed by atoms with Crippen molar-refractivity contribution in [1.82, 2.24) is 5.32 Å². The number of carbonyl (C=O) groups is 1. The molecule has 0 unspecified atom stereocenters. The van der Waals surface area contributed by atoms with E-state index < -0.39 is 10.0 Å². The Kier molecular flexibility index (Phi) is 4.96. The maximum absolute atomic E-state index is 12.7. The minimum atomic E-state index is -3.73. The van der Waals surface area contributed by atoms with E-state index >= 15 is 0 Å². The second-order valence-corrected chi connectivity index (χ2v) is 9.21. The molecule has 0 aliphatic heterocycles. The summed E-state index contributed by atoms with van der Waals surface area (Å²) in [6, 6.07) is 11.2. The predicted molar refractivity (Wildman–Crippen MR) is 104 cm³/mol. The van der Waals surface area contributed by atoms with Gasteiger partial charge in [-0.05, 0) is 41.3 Å². The van der Waals surface area contributed by atoms with Crippen molar-refractivity contribution in [2.45, 2.75) is 30.7 Å². The first-order valence-electron chi connectivity index (χ1n) is 8.33. The summed E-state index contributed by atoms with van der Waals surface area (Å²) < 4.78 is 28.1.